The molecule has 7 heteroatoms. The van der Waals surface area contributed by atoms with E-state index in [9.17, 15) is 13.2 Å². The summed E-state index contributed by atoms with van der Waals surface area (Å²) in [6, 6.07) is 6.41. The van der Waals surface area contributed by atoms with Gasteiger partial charge in [-0.1, -0.05) is 24.3 Å². The first-order valence-electron chi connectivity index (χ1n) is 4.85. The number of rotatable bonds is 5. The fourth-order valence-corrected chi connectivity index (χ4v) is 1.98. The highest BCUT2D eigenvalue weighted by Crippen LogP contribution is 2.21. The SMILES string of the molecule is CC(N[SH](=O)=O)(C(=O)O)c1ccc(CN)cc1. The second-order valence-corrected chi connectivity index (χ2v) is 4.44. The number of carboxylic acid groups (broad SMARTS) is 1. The Bertz CT molecular complexity index is 476. The quantitative estimate of drug-likeness (QED) is 0.535. The number of carboxylic acids is 1. The molecule has 1 rings (SSSR count). The predicted octanol–water partition coefficient (Wildman–Crippen LogP) is -0.439. The van der Waals surface area contributed by atoms with Crippen LogP contribution in [0.25, 0.3) is 0 Å². The number of aliphatic carboxylic acids is 1. The summed E-state index contributed by atoms with van der Waals surface area (Å²) in [5, 5.41) is 9.11. The highest BCUT2D eigenvalue weighted by molar-refractivity contribution is 7.70. The van der Waals surface area contributed by atoms with Gasteiger partial charge in [0.15, 0.2) is 5.54 Å². The summed E-state index contributed by atoms with van der Waals surface area (Å²) in [5.41, 5.74) is 4.95. The molecular weight excluding hydrogens is 244 g/mol. The zero-order valence-electron chi connectivity index (χ0n) is 9.21. The van der Waals surface area contributed by atoms with Crippen molar-refractivity contribution in [1.82, 2.24) is 4.72 Å². The highest BCUT2D eigenvalue weighted by atomic mass is 32.2. The van der Waals surface area contributed by atoms with Gasteiger partial charge in [0.25, 0.3) is 0 Å². The van der Waals surface area contributed by atoms with Crippen LogP contribution in [-0.2, 0) is 27.8 Å². The zero-order chi connectivity index (χ0) is 13.1. The van der Waals surface area contributed by atoms with Gasteiger partial charge < -0.3 is 10.8 Å². The van der Waals surface area contributed by atoms with E-state index in [0.29, 0.717) is 12.1 Å². The molecule has 0 aliphatic heterocycles. The third kappa shape index (κ3) is 3.02. The van der Waals surface area contributed by atoms with E-state index in [1.54, 1.807) is 24.3 Å². The van der Waals surface area contributed by atoms with E-state index in [4.69, 9.17) is 10.8 Å². The summed E-state index contributed by atoms with van der Waals surface area (Å²) in [7, 11) is -3.01. The van der Waals surface area contributed by atoms with Crippen molar-refractivity contribution in [2.45, 2.75) is 19.0 Å². The van der Waals surface area contributed by atoms with Crippen LogP contribution in [0.5, 0.6) is 0 Å². The predicted molar refractivity (Wildman–Crippen MR) is 62.8 cm³/mol. The third-order valence-electron chi connectivity index (χ3n) is 2.51. The lowest BCUT2D eigenvalue weighted by atomic mass is 9.92. The van der Waals surface area contributed by atoms with Crippen molar-refractivity contribution < 1.29 is 18.3 Å². The van der Waals surface area contributed by atoms with Crippen LogP contribution in [0.4, 0.5) is 0 Å². The number of carbonyl (C=O) groups is 1. The van der Waals surface area contributed by atoms with E-state index < -0.39 is 22.4 Å². The molecule has 0 aliphatic rings. The van der Waals surface area contributed by atoms with Crippen molar-refractivity contribution >= 4 is 16.9 Å². The molecule has 0 bridgehead atoms. The molecule has 0 radical (unpaired) electrons. The minimum atomic E-state index is -3.01. The topological polar surface area (TPSA) is 109 Å². The van der Waals surface area contributed by atoms with Crippen molar-refractivity contribution in [3.63, 3.8) is 0 Å². The van der Waals surface area contributed by atoms with Crippen LogP contribution < -0.4 is 10.5 Å². The van der Waals surface area contributed by atoms with E-state index in [0.717, 1.165) is 5.56 Å². The molecule has 0 amide bonds. The van der Waals surface area contributed by atoms with E-state index in [-0.39, 0.29) is 0 Å². The van der Waals surface area contributed by atoms with E-state index in [2.05, 4.69) is 0 Å². The fourth-order valence-electron chi connectivity index (χ4n) is 1.39. The summed E-state index contributed by atoms with van der Waals surface area (Å²) in [4.78, 5) is 11.2. The Morgan fingerprint density at radius 3 is 2.29 bits per heavy atom. The molecule has 0 aliphatic carbocycles. The molecule has 1 atom stereocenters. The minimum absolute atomic E-state index is 0.341. The van der Waals surface area contributed by atoms with Gasteiger partial charge in [-0.05, 0) is 18.1 Å². The van der Waals surface area contributed by atoms with Crippen LogP contribution in [-0.4, -0.2) is 19.5 Å². The van der Waals surface area contributed by atoms with Crippen LogP contribution >= 0.6 is 0 Å². The van der Waals surface area contributed by atoms with E-state index in [1.165, 1.54) is 6.92 Å². The van der Waals surface area contributed by atoms with Crippen molar-refractivity contribution in [3.8, 4) is 0 Å². The Morgan fingerprint density at radius 2 is 1.94 bits per heavy atom. The molecular formula is C10H14N2O4S. The van der Waals surface area contributed by atoms with Gasteiger partial charge >= 0.3 is 5.97 Å². The van der Waals surface area contributed by atoms with Gasteiger partial charge in [-0.25, -0.2) is 13.2 Å². The fraction of sp³-hybridized carbons (Fsp3) is 0.300. The van der Waals surface area contributed by atoms with Crippen LogP contribution in [0.2, 0.25) is 0 Å². The second kappa shape index (κ2) is 5.26. The van der Waals surface area contributed by atoms with Crippen molar-refractivity contribution in [2.75, 3.05) is 0 Å². The Kier molecular flexibility index (Phi) is 4.22. The van der Waals surface area contributed by atoms with Crippen LogP contribution in [0.3, 0.4) is 0 Å². The molecule has 6 nitrogen and oxygen atoms in total. The average Bonchev–Trinajstić information content (AvgIpc) is 2.28. The molecule has 0 saturated heterocycles. The number of nitrogens with two attached hydrogens (primary N) is 1. The largest absolute Gasteiger partial charge is 0.480 e. The molecule has 1 aromatic carbocycles. The van der Waals surface area contributed by atoms with Gasteiger partial charge in [0.05, 0.1) is 0 Å². The minimum Gasteiger partial charge on any atom is -0.480 e. The summed E-state index contributed by atoms with van der Waals surface area (Å²) in [6.07, 6.45) is 0. The third-order valence-corrected chi connectivity index (χ3v) is 3.14. The molecule has 0 spiro atoms. The van der Waals surface area contributed by atoms with Gasteiger partial charge in [0.1, 0.15) is 0 Å². The maximum absolute atomic E-state index is 11.2. The first kappa shape index (κ1) is 13.6. The van der Waals surface area contributed by atoms with Gasteiger partial charge in [-0.2, -0.15) is 4.72 Å². The van der Waals surface area contributed by atoms with Gasteiger partial charge in [-0.15, -0.1) is 0 Å². The second-order valence-electron chi connectivity index (χ2n) is 3.70. The van der Waals surface area contributed by atoms with Gasteiger partial charge in [0, 0.05) is 6.54 Å². The Hall–Kier alpha value is -1.44. The molecule has 0 aromatic heterocycles. The number of thiol groups is 1. The van der Waals surface area contributed by atoms with Gasteiger partial charge in [-0.3, -0.25) is 0 Å². The number of nitrogens with one attached hydrogen (secondary N) is 1. The lowest BCUT2D eigenvalue weighted by molar-refractivity contribution is -0.143. The molecule has 94 valence electrons. The molecule has 4 N–H and O–H groups in total. The Labute approximate surface area is 101 Å². The Morgan fingerprint density at radius 1 is 1.41 bits per heavy atom. The smallest absolute Gasteiger partial charge is 0.329 e. The first-order chi connectivity index (χ1) is 7.90. The molecule has 0 heterocycles. The normalized spacial score (nSPS) is 14.5. The molecule has 1 aromatic rings. The van der Waals surface area contributed by atoms with Crippen molar-refractivity contribution in [2.24, 2.45) is 5.73 Å². The summed E-state index contributed by atoms with van der Waals surface area (Å²) >= 11 is 0. The molecule has 0 saturated carbocycles. The number of benzene rings is 1. The van der Waals surface area contributed by atoms with E-state index >= 15 is 0 Å². The van der Waals surface area contributed by atoms with Crippen molar-refractivity contribution in [1.29, 1.82) is 0 Å². The standard InChI is InChI=1S/C10H14N2O4S/c1-10(9(13)14,12-17(15)16)8-4-2-7(6-11)3-5-8/h2-5,17H,6,11H2,1H3,(H,13,14)(H,12,15,16). The molecule has 1 unspecified atom stereocenters. The van der Waals surface area contributed by atoms with Gasteiger partial charge in [0.2, 0.25) is 10.9 Å². The monoisotopic (exact) mass is 258 g/mol. The highest BCUT2D eigenvalue weighted by Gasteiger charge is 2.35. The zero-order valence-corrected chi connectivity index (χ0v) is 10.1. The van der Waals surface area contributed by atoms with Crippen molar-refractivity contribution in [3.05, 3.63) is 35.4 Å². The Balaban J connectivity index is 3.17. The molecule has 17 heavy (non-hydrogen) atoms. The number of hydrogen-bond donors (Lipinski definition) is 4. The molecule has 0 fully saturated rings. The van der Waals surface area contributed by atoms with E-state index in [1.807, 2.05) is 4.72 Å². The maximum Gasteiger partial charge on any atom is 0.329 e. The van der Waals surface area contributed by atoms with Crippen LogP contribution in [0, 0.1) is 0 Å². The average molecular weight is 258 g/mol. The summed E-state index contributed by atoms with van der Waals surface area (Å²) in [5.74, 6) is -1.27. The van der Waals surface area contributed by atoms with Crippen LogP contribution in [0.1, 0.15) is 18.1 Å². The lowest BCUT2D eigenvalue weighted by Crippen LogP contribution is -2.45. The number of hydrogen-bond acceptors (Lipinski definition) is 4. The van der Waals surface area contributed by atoms with Crippen LogP contribution in [0.15, 0.2) is 24.3 Å². The first-order valence-corrected chi connectivity index (χ1v) is 6.03. The lowest BCUT2D eigenvalue weighted by Gasteiger charge is -2.23. The maximum atomic E-state index is 11.2. The summed E-state index contributed by atoms with van der Waals surface area (Å²) in [6.45, 7) is 1.63. The summed E-state index contributed by atoms with van der Waals surface area (Å²) < 4.78 is 23.3.